The van der Waals surface area contributed by atoms with Crippen molar-refractivity contribution in [2.45, 2.75) is 19.3 Å². The van der Waals surface area contributed by atoms with Gasteiger partial charge in [0.1, 0.15) is 5.82 Å². The lowest BCUT2D eigenvalue weighted by Crippen LogP contribution is -2.30. The maximum absolute atomic E-state index is 13.8. The van der Waals surface area contributed by atoms with Crippen LogP contribution < -0.4 is 15.1 Å². The topological polar surface area (TPSA) is 61.4 Å². The zero-order valence-electron chi connectivity index (χ0n) is 15.3. The highest BCUT2D eigenvalue weighted by atomic mass is 35.5. The number of nitrogens with one attached hydrogen (secondary N) is 1. The van der Waals surface area contributed by atoms with Gasteiger partial charge in [0.05, 0.1) is 16.9 Å². The van der Waals surface area contributed by atoms with Gasteiger partial charge < -0.3 is 15.1 Å². The van der Waals surface area contributed by atoms with Gasteiger partial charge in [0.2, 0.25) is 5.95 Å². The maximum atomic E-state index is 13.8. The first-order chi connectivity index (χ1) is 13.1. The number of halogens is 2. The van der Waals surface area contributed by atoms with Crippen LogP contribution in [0, 0.1) is 5.82 Å². The van der Waals surface area contributed by atoms with Gasteiger partial charge in [-0.3, -0.25) is 4.79 Å². The Morgan fingerprint density at radius 1 is 1.33 bits per heavy atom. The molecule has 6 nitrogen and oxygen atoms in total. The molecule has 27 heavy (non-hydrogen) atoms. The molecular weight excluding hydrogens is 369 g/mol. The standard InChI is InChI=1S/C19H23ClFN5O/c1-25(16-8-3-2-7-15(16)21)10-6-9-22-18(27)17-14(20)13-23-19(24-17)26-11-4-5-12-26/h2-3,7-8,13H,4-6,9-12H2,1H3,(H,22,27). The van der Waals surface area contributed by atoms with Crippen LogP contribution >= 0.6 is 11.6 Å². The van der Waals surface area contributed by atoms with Gasteiger partial charge >= 0.3 is 0 Å². The number of carbonyl (C=O) groups excluding carboxylic acids is 1. The van der Waals surface area contributed by atoms with Gasteiger partial charge in [-0.2, -0.15) is 0 Å². The number of aromatic nitrogens is 2. The lowest BCUT2D eigenvalue weighted by molar-refractivity contribution is 0.0948. The predicted molar refractivity (Wildman–Crippen MR) is 105 cm³/mol. The second-order valence-corrected chi connectivity index (χ2v) is 6.95. The number of anilines is 2. The molecule has 144 valence electrons. The Balaban J connectivity index is 1.52. The van der Waals surface area contributed by atoms with E-state index in [1.54, 1.807) is 18.2 Å². The fourth-order valence-corrected chi connectivity index (χ4v) is 3.25. The Kier molecular flexibility index (Phi) is 6.45. The quantitative estimate of drug-likeness (QED) is 0.735. The molecule has 0 radical (unpaired) electrons. The van der Waals surface area contributed by atoms with Crippen molar-refractivity contribution in [3.63, 3.8) is 0 Å². The van der Waals surface area contributed by atoms with Crippen LogP contribution in [-0.4, -0.2) is 49.1 Å². The minimum Gasteiger partial charge on any atom is -0.372 e. The van der Waals surface area contributed by atoms with Crippen LogP contribution in [0.5, 0.6) is 0 Å². The zero-order valence-corrected chi connectivity index (χ0v) is 16.0. The number of rotatable bonds is 7. The van der Waals surface area contributed by atoms with Crippen molar-refractivity contribution in [2.24, 2.45) is 0 Å². The largest absolute Gasteiger partial charge is 0.372 e. The summed E-state index contributed by atoms with van der Waals surface area (Å²) in [7, 11) is 1.82. The molecule has 3 rings (SSSR count). The first-order valence-corrected chi connectivity index (χ1v) is 9.45. The Bertz CT molecular complexity index is 797. The van der Waals surface area contributed by atoms with Crippen LogP contribution in [0.3, 0.4) is 0 Å². The molecule has 1 aliphatic heterocycles. The summed E-state index contributed by atoms with van der Waals surface area (Å²) in [4.78, 5) is 24.9. The summed E-state index contributed by atoms with van der Waals surface area (Å²) in [5, 5.41) is 3.06. The van der Waals surface area contributed by atoms with Crippen LogP contribution in [0.25, 0.3) is 0 Å². The molecule has 0 aliphatic carbocycles. The molecule has 0 atom stereocenters. The molecule has 0 spiro atoms. The van der Waals surface area contributed by atoms with Crippen LogP contribution in [0.1, 0.15) is 29.8 Å². The minimum absolute atomic E-state index is 0.191. The van der Waals surface area contributed by atoms with Crippen LogP contribution in [0.4, 0.5) is 16.0 Å². The maximum Gasteiger partial charge on any atom is 0.271 e. The Morgan fingerprint density at radius 2 is 2.07 bits per heavy atom. The summed E-state index contributed by atoms with van der Waals surface area (Å²) in [5.74, 6) is -0.0380. The number of hydrogen-bond donors (Lipinski definition) is 1. The van der Waals surface area contributed by atoms with Crippen LogP contribution in [0.2, 0.25) is 5.02 Å². The van der Waals surface area contributed by atoms with E-state index in [1.165, 1.54) is 12.3 Å². The molecule has 1 saturated heterocycles. The van der Waals surface area contributed by atoms with E-state index in [0.29, 0.717) is 31.1 Å². The molecular formula is C19H23ClFN5O. The molecule has 2 heterocycles. The van der Waals surface area contributed by atoms with E-state index in [2.05, 4.69) is 20.2 Å². The molecule has 0 unspecified atom stereocenters. The van der Waals surface area contributed by atoms with E-state index in [1.807, 2.05) is 11.9 Å². The molecule has 8 heteroatoms. The van der Waals surface area contributed by atoms with Crippen molar-refractivity contribution in [1.82, 2.24) is 15.3 Å². The smallest absolute Gasteiger partial charge is 0.271 e. The third-order valence-electron chi connectivity index (χ3n) is 4.55. The van der Waals surface area contributed by atoms with Crippen molar-refractivity contribution >= 4 is 29.1 Å². The fraction of sp³-hybridized carbons (Fsp3) is 0.421. The van der Waals surface area contributed by atoms with E-state index < -0.39 is 0 Å². The van der Waals surface area contributed by atoms with E-state index in [-0.39, 0.29) is 22.4 Å². The van der Waals surface area contributed by atoms with E-state index in [4.69, 9.17) is 11.6 Å². The Labute approximate surface area is 163 Å². The van der Waals surface area contributed by atoms with E-state index in [9.17, 15) is 9.18 Å². The minimum atomic E-state index is -0.323. The summed E-state index contributed by atoms with van der Waals surface area (Å²) in [6, 6.07) is 6.62. The third-order valence-corrected chi connectivity index (χ3v) is 4.83. The molecule has 2 aromatic rings. The molecule has 1 aromatic carbocycles. The number of benzene rings is 1. The van der Waals surface area contributed by atoms with Gasteiger partial charge in [0, 0.05) is 33.2 Å². The molecule has 1 aliphatic rings. The van der Waals surface area contributed by atoms with Crippen LogP contribution in [0.15, 0.2) is 30.5 Å². The van der Waals surface area contributed by atoms with Crippen LogP contribution in [-0.2, 0) is 0 Å². The number of para-hydroxylation sites is 1. The predicted octanol–water partition coefficient (Wildman–Crippen LogP) is 3.13. The molecule has 0 bridgehead atoms. The molecule has 1 N–H and O–H groups in total. The fourth-order valence-electron chi connectivity index (χ4n) is 3.07. The van der Waals surface area contributed by atoms with Gasteiger partial charge in [-0.15, -0.1) is 0 Å². The van der Waals surface area contributed by atoms with Gasteiger partial charge in [-0.1, -0.05) is 23.7 Å². The monoisotopic (exact) mass is 391 g/mol. The lowest BCUT2D eigenvalue weighted by Gasteiger charge is -2.20. The average Bonchev–Trinajstić information content (AvgIpc) is 3.20. The molecule has 0 saturated carbocycles. The number of amides is 1. The molecule has 1 amide bonds. The Hall–Kier alpha value is -2.41. The summed E-state index contributed by atoms with van der Waals surface area (Å²) < 4.78 is 13.8. The summed E-state index contributed by atoms with van der Waals surface area (Å²) in [6.07, 6.45) is 4.34. The summed E-state index contributed by atoms with van der Waals surface area (Å²) in [5.41, 5.74) is 0.731. The summed E-state index contributed by atoms with van der Waals surface area (Å²) >= 11 is 6.10. The first kappa shape index (κ1) is 19.4. The van der Waals surface area contributed by atoms with Gasteiger partial charge in [0.15, 0.2) is 5.69 Å². The SMILES string of the molecule is CN(CCCNC(=O)c1nc(N2CCCC2)ncc1Cl)c1ccccc1F. The number of carbonyl (C=O) groups is 1. The van der Waals surface area contributed by atoms with Crippen molar-refractivity contribution in [3.05, 3.63) is 47.0 Å². The van der Waals surface area contributed by atoms with Crippen molar-refractivity contribution in [1.29, 1.82) is 0 Å². The Morgan fingerprint density at radius 3 is 2.81 bits per heavy atom. The van der Waals surface area contributed by atoms with Crippen molar-refractivity contribution in [2.75, 3.05) is 43.0 Å². The second kappa shape index (κ2) is 8.99. The highest BCUT2D eigenvalue weighted by Crippen LogP contribution is 2.20. The van der Waals surface area contributed by atoms with Gasteiger partial charge in [-0.05, 0) is 31.4 Å². The van der Waals surface area contributed by atoms with E-state index in [0.717, 1.165) is 25.9 Å². The normalized spacial score (nSPS) is 13.7. The third kappa shape index (κ3) is 4.86. The molecule has 1 aromatic heterocycles. The lowest BCUT2D eigenvalue weighted by atomic mass is 10.2. The second-order valence-electron chi connectivity index (χ2n) is 6.54. The highest BCUT2D eigenvalue weighted by molar-refractivity contribution is 6.33. The van der Waals surface area contributed by atoms with Gasteiger partial charge in [0.25, 0.3) is 5.91 Å². The first-order valence-electron chi connectivity index (χ1n) is 9.07. The number of nitrogens with zero attached hydrogens (tertiary/aromatic N) is 4. The zero-order chi connectivity index (χ0) is 19.2. The van der Waals surface area contributed by atoms with E-state index >= 15 is 0 Å². The van der Waals surface area contributed by atoms with Crippen molar-refractivity contribution < 1.29 is 9.18 Å². The number of hydrogen-bond acceptors (Lipinski definition) is 5. The van der Waals surface area contributed by atoms with Gasteiger partial charge in [-0.25, -0.2) is 14.4 Å². The molecule has 1 fully saturated rings. The highest BCUT2D eigenvalue weighted by Gasteiger charge is 2.19. The average molecular weight is 392 g/mol. The summed E-state index contributed by atoms with van der Waals surface area (Å²) in [6.45, 7) is 2.84. The van der Waals surface area contributed by atoms with Crippen molar-refractivity contribution in [3.8, 4) is 0 Å².